The van der Waals surface area contributed by atoms with Crippen LogP contribution in [-0.4, -0.2) is 24.5 Å². The smallest absolute Gasteiger partial charge is 0.164 e. The molecule has 0 aliphatic carbocycles. The fraction of sp³-hybridized carbons (Fsp3) is 0. The van der Waals surface area contributed by atoms with Crippen molar-refractivity contribution in [3.63, 3.8) is 0 Å². The maximum absolute atomic E-state index is 5.36. The topological polar surface area (TPSA) is 56.5 Å². The van der Waals surface area contributed by atoms with Gasteiger partial charge < -0.3 is 4.57 Å². The molecule has 0 bridgehead atoms. The van der Waals surface area contributed by atoms with E-state index >= 15 is 0 Å². The zero-order valence-corrected chi connectivity index (χ0v) is 34.1. The minimum Gasteiger partial charge on any atom is -0.309 e. The Morgan fingerprint density at radius 2 is 0.762 bits per heavy atom. The number of nitrogens with zero attached hydrogens (tertiary/aromatic N) is 5. The summed E-state index contributed by atoms with van der Waals surface area (Å²) >= 11 is 0. The van der Waals surface area contributed by atoms with Gasteiger partial charge in [0.25, 0.3) is 0 Å². The Kier molecular flexibility index (Phi) is 8.75. The first-order chi connectivity index (χ1) is 31.2. The molecule has 12 aromatic rings. The molecule has 0 spiro atoms. The van der Waals surface area contributed by atoms with Crippen LogP contribution >= 0.6 is 0 Å². The largest absolute Gasteiger partial charge is 0.309 e. The van der Waals surface area contributed by atoms with Gasteiger partial charge in [-0.2, -0.15) is 0 Å². The van der Waals surface area contributed by atoms with Crippen LogP contribution < -0.4 is 0 Å². The van der Waals surface area contributed by atoms with Gasteiger partial charge in [-0.3, -0.25) is 0 Å². The highest BCUT2D eigenvalue weighted by Crippen LogP contribution is 2.43. The molecule has 5 heteroatoms. The average Bonchev–Trinajstić information content (AvgIpc) is 3.71. The van der Waals surface area contributed by atoms with Crippen LogP contribution in [0.5, 0.6) is 0 Å². The predicted octanol–water partition coefficient (Wildman–Crippen LogP) is 14.7. The highest BCUT2D eigenvalue weighted by Gasteiger charge is 2.21. The van der Waals surface area contributed by atoms with Crippen molar-refractivity contribution in [2.45, 2.75) is 0 Å². The number of fused-ring (bicyclic) bond motifs is 7. The van der Waals surface area contributed by atoms with E-state index in [1.54, 1.807) is 0 Å². The molecule has 3 heterocycles. The molecule has 5 nitrogen and oxygen atoms in total. The van der Waals surface area contributed by atoms with Crippen molar-refractivity contribution in [1.29, 1.82) is 0 Å². The molecule has 0 fully saturated rings. The van der Waals surface area contributed by atoms with Crippen LogP contribution in [-0.2, 0) is 0 Å². The Morgan fingerprint density at radius 3 is 1.43 bits per heavy atom. The molecule has 0 saturated carbocycles. The summed E-state index contributed by atoms with van der Waals surface area (Å²) in [7, 11) is 0. The molecular weight excluding hydrogens is 767 g/mol. The minimum atomic E-state index is 0.616. The Morgan fingerprint density at radius 1 is 0.270 bits per heavy atom. The van der Waals surface area contributed by atoms with E-state index in [0.29, 0.717) is 17.5 Å². The van der Waals surface area contributed by atoms with Crippen molar-refractivity contribution in [2.75, 3.05) is 0 Å². The molecule has 0 aliphatic heterocycles. The molecular formula is C58H37N5. The summed E-state index contributed by atoms with van der Waals surface area (Å²) < 4.78 is 2.40. The van der Waals surface area contributed by atoms with Crippen molar-refractivity contribution < 1.29 is 0 Å². The summed E-state index contributed by atoms with van der Waals surface area (Å²) in [6, 6.07) is 78.7. The molecule has 63 heavy (non-hydrogen) atoms. The molecule has 3 aromatic heterocycles. The van der Waals surface area contributed by atoms with Crippen LogP contribution in [0.2, 0.25) is 0 Å². The first kappa shape index (κ1) is 36.3. The maximum Gasteiger partial charge on any atom is 0.164 e. The normalized spacial score (nSPS) is 11.5. The van der Waals surface area contributed by atoms with Crippen molar-refractivity contribution in [3.05, 3.63) is 224 Å². The molecule has 0 N–H and O–H groups in total. The third kappa shape index (κ3) is 6.42. The zero-order valence-electron chi connectivity index (χ0n) is 34.1. The van der Waals surface area contributed by atoms with Crippen LogP contribution in [0.3, 0.4) is 0 Å². The van der Waals surface area contributed by atoms with Crippen LogP contribution in [0.4, 0.5) is 0 Å². The number of benzene rings is 9. The Hall–Kier alpha value is -8.54. The van der Waals surface area contributed by atoms with Gasteiger partial charge in [-0.25, -0.2) is 19.9 Å². The molecule has 0 radical (unpaired) electrons. The molecule has 12 rings (SSSR count). The van der Waals surface area contributed by atoms with E-state index in [9.17, 15) is 0 Å². The third-order valence-electron chi connectivity index (χ3n) is 12.0. The number of pyridine rings is 1. The number of hydrogen-bond donors (Lipinski definition) is 0. The van der Waals surface area contributed by atoms with Gasteiger partial charge in [-0.05, 0) is 70.1 Å². The molecule has 0 unspecified atom stereocenters. The van der Waals surface area contributed by atoms with Crippen molar-refractivity contribution in [3.8, 4) is 73.4 Å². The number of aromatic nitrogens is 5. The Bertz CT molecular complexity index is 3660. The molecule has 0 amide bonds. The number of hydrogen-bond acceptors (Lipinski definition) is 4. The molecule has 9 aromatic carbocycles. The van der Waals surface area contributed by atoms with E-state index in [1.165, 1.54) is 16.2 Å². The van der Waals surface area contributed by atoms with Gasteiger partial charge in [-0.15, -0.1) is 0 Å². The fourth-order valence-corrected chi connectivity index (χ4v) is 9.05. The monoisotopic (exact) mass is 803 g/mol. The van der Waals surface area contributed by atoms with E-state index in [4.69, 9.17) is 19.9 Å². The van der Waals surface area contributed by atoms with Gasteiger partial charge in [0.2, 0.25) is 0 Å². The summed E-state index contributed by atoms with van der Waals surface area (Å²) in [5, 5.41) is 5.84. The van der Waals surface area contributed by atoms with E-state index in [-0.39, 0.29) is 0 Å². The first-order valence-electron chi connectivity index (χ1n) is 21.2. The van der Waals surface area contributed by atoms with E-state index in [1.807, 2.05) is 36.4 Å². The van der Waals surface area contributed by atoms with Gasteiger partial charge >= 0.3 is 0 Å². The van der Waals surface area contributed by atoms with Gasteiger partial charge in [-0.1, -0.05) is 182 Å². The van der Waals surface area contributed by atoms with E-state index in [2.05, 4.69) is 193 Å². The molecule has 0 aliphatic rings. The number of para-hydroxylation sites is 2. The standard InChI is InChI=1S/C58H37N5/c1-5-17-38(18-6-1)41-23-15-25-44(35-41)57-60-56(40-21-9-3-10-22-40)61-58(62-57)45-26-16-24-42(36-45)43-31-32-49-52(37-43)63(46-27-11-4-12-28-46)51-34-33-48-47-29-13-14-30-50(47)59-55(54(48)53(49)51)39-19-7-2-8-20-39/h1-37H. The maximum atomic E-state index is 5.36. The lowest BCUT2D eigenvalue weighted by Crippen LogP contribution is -2.00. The molecule has 294 valence electrons. The second kappa shape index (κ2) is 15.2. The number of rotatable bonds is 7. The fourth-order valence-electron chi connectivity index (χ4n) is 9.05. The molecule has 0 atom stereocenters. The van der Waals surface area contributed by atoms with Crippen molar-refractivity contribution in [2.24, 2.45) is 0 Å². The summed E-state index contributed by atoms with van der Waals surface area (Å²) in [5.74, 6) is 1.87. The zero-order chi connectivity index (χ0) is 41.7. The van der Waals surface area contributed by atoms with Gasteiger partial charge in [0.15, 0.2) is 17.5 Å². The van der Waals surface area contributed by atoms with Crippen LogP contribution in [0.1, 0.15) is 0 Å². The lowest BCUT2D eigenvalue weighted by atomic mass is 9.95. The highest BCUT2D eigenvalue weighted by atomic mass is 15.0. The summed E-state index contributed by atoms with van der Waals surface area (Å²) in [6.07, 6.45) is 0. The van der Waals surface area contributed by atoms with Crippen LogP contribution in [0.15, 0.2) is 224 Å². The third-order valence-corrected chi connectivity index (χ3v) is 12.0. The first-order valence-corrected chi connectivity index (χ1v) is 21.2. The Balaban J connectivity index is 1.05. The highest BCUT2D eigenvalue weighted by molar-refractivity contribution is 6.28. The van der Waals surface area contributed by atoms with Gasteiger partial charge in [0.05, 0.1) is 22.2 Å². The van der Waals surface area contributed by atoms with Crippen molar-refractivity contribution in [1.82, 2.24) is 24.5 Å². The lowest BCUT2D eigenvalue weighted by Gasteiger charge is -2.12. The summed E-state index contributed by atoms with van der Waals surface area (Å²) in [5.41, 5.74) is 13.6. The Labute approximate surface area is 364 Å². The lowest BCUT2D eigenvalue weighted by molar-refractivity contribution is 1.07. The van der Waals surface area contributed by atoms with Crippen LogP contribution in [0.25, 0.3) is 117 Å². The predicted molar refractivity (Wildman–Crippen MR) is 260 cm³/mol. The minimum absolute atomic E-state index is 0.616. The second-order valence-corrected chi connectivity index (χ2v) is 15.8. The second-order valence-electron chi connectivity index (χ2n) is 15.8. The quantitative estimate of drug-likeness (QED) is 0.151. The van der Waals surface area contributed by atoms with E-state index < -0.39 is 0 Å². The summed E-state index contributed by atoms with van der Waals surface area (Å²) in [6.45, 7) is 0. The van der Waals surface area contributed by atoms with Gasteiger partial charge in [0, 0.05) is 49.5 Å². The SMILES string of the molecule is c1ccc(-c2cccc(-c3nc(-c4ccccc4)nc(-c4cccc(-c5ccc6c7c8c(-c9ccccc9)nc9ccccc9c8ccc7n(-c7ccccc7)c6c5)c4)n3)c2)cc1. The average molecular weight is 804 g/mol. The van der Waals surface area contributed by atoms with Crippen molar-refractivity contribution >= 4 is 43.5 Å². The van der Waals surface area contributed by atoms with Gasteiger partial charge in [0.1, 0.15) is 0 Å². The summed E-state index contributed by atoms with van der Waals surface area (Å²) in [4.78, 5) is 20.7. The molecule has 0 saturated heterocycles. The van der Waals surface area contributed by atoms with Crippen LogP contribution in [0, 0.1) is 0 Å². The van der Waals surface area contributed by atoms with E-state index in [0.717, 1.165) is 83.2 Å².